The van der Waals surface area contributed by atoms with Gasteiger partial charge in [0.2, 0.25) is 0 Å². The topological polar surface area (TPSA) is 45.7 Å². The van der Waals surface area contributed by atoms with Gasteiger partial charge >= 0.3 is 0 Å². The molecule has 4 heteroatoms. The van der Waals surface area contributed by atoms with Crippen LogP contribution in [-0.4, -0.2) is 31.7 Å². The van der Waals surface area contributed by atoms with Gasteiger partial charge in [0, 0.05) is 13.1 Å². The summed E-state index contributed by atoms with van der Waals surface area (Å²) in [5.41, 5.74) is 0. The molecule has 2 N–H and O–H groups in total. The molecule has 0 aliphatic heterocycles. The highest BCUT2D eigenvalue weighted by molar-refractivity contribution is 5.80. The van der Waals surface area contributed by atoms with Gasteiger partial charge in [-0.15, -0.1) is 0 Å². The lowest BCUT2D eigenvalue weighted by Crippen LogP contribution is -2.45. The lowest BCUT2D eigenvalue weighted by molar-refractivity contribution is 0.223. The number of hydrogen-bond acceptors (Lipinski definition) is 2. The molecule has 0 spiro atoms. The van der Waals surface area contributed by atoms with Gasteiger partial charge in [-0.05, 0) is 31.9 Å². The van der Waals surface area contributed by atoms with Gasteiger partial charge in [-0.2, -0.15) is 0 Å². The Labute approximate surface area is 120 Å². The summed E-state index contributed by atoms with van der Waals surface area (Å²) in [5.74, 6) is 1.73. The Kier molecular flexibility index (Phi) is 5.47. The normalized spacial score (nSPS) is 17.0. The van der Waals surface area contributed by atoms with Crippen LogP contribution in [0.4, 0.5) is 0 Å². The fourth-order valence-electron chi connectivity index (χ4n) is 2.14. The number of aliphatic imine (C=N–C) groups is 1. The van der Waals surface area contributed by atoms with Gasteiger partial charge in [0.15, 0.2) is 5.96 Å². The van der Waals surface area contributed by atoms with Gasteiger partial charge in [0.25, 0.3) is 0 Å². The predicted octanol–water partition coefficient (Wildman–Crippen LogP) is 2.34. The summed E-state index contributed by atoms with van der Waals surface area (Å²) in [4.78, 5) is 4.24. The Hall–Kier alpha value is -1.97. The van der Waals surface area contributed by atoms with Crippen molar-refractivity contribution in [1.82, 2.24) is 10.6 Å². The van der Waals surface area contributed by atoms with Gasteiger partial charge in [-0.3, -0.25) is 4.99 Å². The van der Waals surface area contributed by atoms with Crippen LogP contribution in [0.15, 0.2) is 47.5 Å². The molecular weight excluding hydrogens is 250 g/mol. The summed E-state index contributed by atoms with van der Waals surface area (Å²) in [5, 5.41) is 6.71. The number of nitrogens with zero attached hydrogens (tertiary/aromatic N) is 1. The van der Waals surface area contributed by atoms with E-state index in [-0.39, 0.29) is 6.10 Å². The molecule has 1 aromatic carbocycles. The van der Waals surface area contributed by atoms with Crippen LogP contribution in [0.5, 0.6) is 5.75 Å². The van der Waals surface area contributed by atoms with Crippen molar-refractivity contribution in [2.24, 2.45) is 4.99 Å². The summed E-state index contributed by atoms with van der Waals surface area (Å²) < 4.78 is 5.82. The molecule has 1 aliphatic carbocycles. The molecule has 0 radical (unpaired) electrons. The molecule has 2 rings (SSSR count). The molecule has 4 nitrogen and oxygen atoms in total. The minimum absolute atomic E-state index is 0.0812. The van der Waals surface area contributed by atoms with Gasteiger partial charge in [-0.1, -0.05) is 30.4 Å². The van der Waals surface area contributed by atoms with Gasteiger partial charge < -0.3 is 15.4 Å². The summed E-state index contributed by atoms with van der Waals surface area (Å²) in [6.07, 6.45) is 6.61. The van der Waals surface area contributed by atoms with Crippen LogP contribution >= 0.6 is 0 Å². The molecule has 1 aliphatic rings. The summed E-state index contributed by atoms with van der Waals surface area (Å²) in [6, 6.07) is 10.3. The van der Waals surface area contributed by atoms with Crippen molar-refractivity contribution >= 4 is 5.96 Å². The quantitative estimate of drug-likeness (QED) is 0.492. The average Bonchev–Trinajstić information content (AvgIpc) is 2.97. The third-order valence-corrected chi connectivity index (χ3v) is 3.21. The molecule has 0 saturated heterocycles. The fraction of sp³-hybridized carbons (Fsp3) is 0.438. The van der Waals surface area contributed by atoms with Crippen molar-refractivity contribution in [2.45, 2.75) is 31.9 Å². The first kappa shape index (κ1) is 14.4. The molecule has 0 saturated carbocycles. The molecule has 1 atom stereocenters. The van der Waals surface area contributed by atoms with Crippen molar-refractivity contribution in [2.75, 3.05) is 13.6 Å². The van der Waals surface area contributed by atoms with E-state index in [0.717, 1.165) is 24.6 Å². The molecule has 20 heavy (non-hydrogen) atoms. The maximum Gasteiger partial charge on any atom is 0.191 e. The van der Waals surface area contributed by atoms with E-state index in [1.54, 1.807) is 7.05 Å². The Morgan fingerprint density at radius 2 is 2.00 bits per heavy atom. The lowest BCUT2D eigenvalue weighted by atomic mass is 10.2. The van der Waals surface area contributed by atoms with Crippen molar-refractivity contribution < 1.29 is 4.74 Å². The zero-order valence-corrected chi connectivity index (χ0v) is 12.2. The molecule has 0 aromatic heterocycles. The number of guanidine groups is 1. The van der Waals surface area contributed by atoms with Crippen molar-refractivity contribution in [1.29, 1.82) is 0 Å². The van der Waals surface area contributed by atoms with Crippen LogP contribution in [0, 0.1) is 0 Å². The summed E-state index contributed by atoms with van der Waals surface area (Å²) in [6.45, 7) is 2.76. The second-order valence-electron chi connectivity index (χ2n) is 4.98. The SMILES string of the molecule is CN=C(NCC(C)Oc1ccccc1)NC1CC=CC1. The van der Waals surface area contributed by atoms with Crippen molar-refractivity contribution in [3.63, 3.8) is 0 Å². The Morgan fingerprint density at radius 1 is 1.30 bits per heavy atom. The minimum Gasteiger partial charge on any atom is -0.489 e. The van der Waals surface area contributed by atoms with Crippen LogP contribution in [0.2, 0.25) is 0 Å². The highest BCUT2D eigenvalue weighted by Gasteiger charge is 2.12. The molecular formula is C16H23N3O. The number of benzene rings is 1. The van der Waals surface area contributed by atoms with E-state index in [4.69, 9.17) is 4.74 Å². The highest BCUT2D eigenvalue weighted by atomic mass is 16.5. The van der Waals surface area contributed by atoms with Crippen LogP contribution in [0.3, 0.4) is 0 Å². The first-order valence-electron chi connectivity index (χ1n) is 7.12. The van der Waals surface area contributed by atoms with Gasteiger partial charge in [-0.25, -0.2) is 0 Å². The molecule has 1 unspecified atom stereocenters. The smallest absolute Gasteiger partial charge is 0.191 e. The van der Waals surface area contributed by atoms with E-state index in [1.807, 2.05) is 37.3 Å². The maximum atomic E-state index is 5.82. The third kappa shape index (κ3) is 4.61. The van der Waals surface area contributed by atoms with Crippen molar-refractivity contribution in [3.05, 3.63) is 42.5 Å². The zero-order valence-electron chi connectivity index (χ0n) is 12.2. The average molecular weight is 273 g/mol. The Morgan fingerprint density at radius 3 is 2.65 bits per heavy atom. The fourth-order valence-corrected chi connectivity index (χ4v) is 2.14. The van der Waals surface area contributed by atoms with E-state index in [0.29, 0.717) is 12.6 Å². The largest absolute Gasteiger partial charge is 0.489 e. The Bertz CT molecular complexity index is 448. The van der Waals surface area contributed by atoms with Crippen LogP contribution < -0.4 is 15.4 Å². The monoisotopic (exact) mass is 273 g/mol. The molecule has 0 amide bonds. The number of ether oxygens (including phenoxy) is 1. The van der Waals surface area contributed by atoms with E-state index < -0.39 is 0 Å². The second-order valence-corrected chi connectivity index (χ2v) is 4.98. The van der Waals surface area contributed by atoms with E-state index in [1.165, 1.54) is 0 Å². The number of rotatable bonds is 5. The molecule has 108 valence electrons. The molecule has 0 bridgehead atoms. The van der Waals surface area contributed by atoms with Crippen LogP contribution in [-0.2, 0) is 0 Å². The van der Waals surface area contributed by atoms with Crippen LogP contribution in [0.25, 0.3) is 0 Å². The zero-order chi connectivity index (χ0) is 14.2. The van der Waals surface area contributed by atoms with E-state index in [2.05, 4.69) is 27.8 Å². The minimum atomic E-state index is 0.0812. The first-order valence-corrected chi connectivity index (χ1v) is 7.12. The third-order valence-electron chi connectivity index (χ3n) is 3.21. The summed E-state index contributed by atoms with van der Waals surface area (Å²) >= 11 is 0. The molecule has 1 aromatic rings. The molecule has 0 fully saturated rings. The predicted molar refractivity (Wildman–Crippen MR) is 83.2 cm³/mol. The van der Waals surface area contributed by atoms with Crippen LogP contribution in [0.1, 0.15) is 19.8 Å². The van der Waals surface area contributed by atoms with Gasteiger partial charge in [0.1, 0.15) is 11.9 Å². The maximum absolute atomic E-state index is 5.82. The first-order chi connectivity index (χ1) is 9.78. The summed E-state index contributed by atoms with van der Waals surface area (Å²) in [7, 11) is 1.79. The Balaban J connectivity index is 1.72. The number of para-hydroxylation sites is 1. The second kappa shape index (κ2) is 7.58. The lowest BCUT2D eigenvalue weighted by Gasteiger charge is -2.20. The number of hydrogen-bond donors (Lipinski definition) is 2. The van der Waals surface area contributed by atoms with E-state index >= 15 is 0 Å². The molecule has 0 heterocycles. The van der Waals surface area contributed by atoms with Gasteiger partial charge in [0.05, 0.1) is 6.54 Å². The van der Waals surface area contributed by atoms with Crippen molar-refractivity contribution in [3.8, 4) is 5.75 Å². The highest BCUT2D eigenvalue weighted by Crippen LogP contribution is 2.10. The van der Waals surface area contributed by atoms with E-state index in [9.17, 15) is 0 Å². The standard InChI is InChI=1S/C16H23N3O/c1-13(20-15-10-4-3-5-11-15)12-18-16(17-2)19-14-8-6-7-9-14/h3-7,10-11,13-14H,8-9,12H2,1-2H3,(H2,17,18,19). The number of nitrogens with one attached hydrogen (secondary N) is 2.